The van der Waals surface area contributed by atoms with Crippen molar-refractivity contribution in [3.8, 4) is 11.5 Å². The predicted molar refractivity (Wildman–Crippen MR) is 126 cm³/mol. The number of aryl methyl sites for hydroxylation is 1. The van der Waals surface area contributed by atoms with Gasteiger partial charge in [0.05, 0.1) is 0 Å². The van der Waals surface area contributed by atoms with Crippen LogP contribution >= 0.6 is 0 Å². The van der Waals surface area contributed by atoms with Crippen LogP contribution in [0.15, 0.2) is 72.8 Å². The number of aromatic hydroxyl groups is 1. The highest BCUT2D eigenvalue weighted by Crippen LogP contribution is 2.47. The van der Waals surface area contributed by atoms with Crippen LogP contribution < -0.4 is 4.74 Å². The number of ether oxygens (including phenoxy) is 1. The molecule has 0 fully saturated rings. The molecule has 0 saturated carbocycles. The molecule has 3 aromatic carbocycles. The van der Waals surface area contributed by atoms with Crippen LogP contribution in [0, 0.1) is 0 Å². The summed E-state index contributed by atoms with van der Waals surface area (Å²) in [6.07, 6.45) is 2.15. The van der Waals surface area contributed by atoms with Gasteiger partial charge in [-0.2, -0.15) is 0 Å². The van der Waals surface area contributed by atoms with Gasteiger partial charge in [0.2, 0.25) is 0 Å². The molecular weight excluding hydrogens is 368 g/mol. The summed E-state index contributed by atoms with van der Waals surface area (Å²) in [5.74, 6) is 1.95. The second-order valence-electron chi connectivity index (χ2n) is 8.70. The first-order valence-electron chi connectivity index (χ1n) is 11.1. The molecule has 0 amide bonds. The van der Waals surface area contributed by atoms with Crippen LogP contribution in [0.2, 0.25) is 0 Å². The largest absolute Gasteiger partial charge is 0.508 e. The van der Waals surface area contributed by atoms with Crippen LogP contribution in [0.5, 0.6) is 11.5 Å². The Morgan fingerprint density at radius 2 is 1.50 bits per heavy atom. The first-order chi connectivity index (χ1) is 14.4. The molecule has 30 heavy (non-hydrogen) atoms. The molecule has 158 valence electrons. The second kappa shape index (κ2) is 9.38. The molecular formula is C28H34O2. The molecule has 3 aromatic rings. The number of benzene rings is 3. The van der Waals surface area contributed by atoms with Gasteiger partial charge in [0.25, 0.3) is 0 Å². The van der Waals surface area contributed by atoms with Gasteiger partial charge < -0.3 is 9.84 Å². The van der Waals surface area contributed by atoms with E-state index in [1.54, 1.807) is 12.1 Å². The zero-order valence-electron chi connectivity index (χ0n) is 18.9. The average Bonchev–Trinajstić information content (AvgIpc) is 2.74. The Bertz CT molecular complexity index is 937. The predicted octanol–water partition coefficient (Wildman–Crippen LogP) is 7.46. The van der Waals surface area contributed by atoms with E-state index in [1.165, 1.54) is 22.3 Å². The van der Waals surface area contributed by atoms with Gasteiger partial charge in [0.1, 0.15) is 17.1 Å². The van der Waals surface area contributed by atoms with E-state index in [-0.39, 0.29) is 11.5 Å². The zero-order chi connectivity index (χ0) is 21.7. The maximum atomic E-state index is 9.76. The quantitative estimate of drug-likeness (QED) is 0.493. The van der Waals surface area contributed by atoms with E-state index < -0.39 is 0 Å². The number of phenols is 1. The Morgan fingerprint density at radius 3 is 2.13 bits per heavy atom. The smallest absolute Gasteiger partial charge is 0.120 e. The Kier molecular flexibility index (Phi) is 6.87. The fourth-order valence-corrected chi connectivity index (χ4v) is 4.37. The Labute approximate surface area is 181 Å². The Morgan fingerprint density at radius 1 is 0.833 bits per heavy atom. The number of hydrogen-bond donors (Lipinski definition) is 1. The van der Waals surface area contributed by atoms with E-state index >= 15 is 0 Å². The van der Waals surface area contributed by atoms with E-state index in [1.807, 2.05) is 13.8 Å². The minimum Gasteiger partial charge on any atom is -0.508 e. The van der Waals surface area contributed by atoms with Crippen molar-refractivity contribution >= 4 is 0 Å². The fraction of sp³-hybridized carbons (Fsp3) is 0.357. The lowest BCUT2D eigenvalue weighted by Crippen LogP contribution is -2.24. The normalized spacial score (nSPS) is 18.0. The van der Waals surface area contributed by atoms with E-state index in [2.05, 4.69) is 81.4 Å². The SMILES string of the molecule is CC.CC(C)(C)Oc1ccc2c(c1)CCC(c1ccccc1)C2c1ccc(O)cc1. The standard InChI is InChI=1S/C26H28O2.C2H6/c1-26(2,3)28-22-14-16-24-20(17-22)11-15-23(18-7-5-4-6-8-18)25(24)19-9-12-21(27)13-10-19;1-2/h4-10,12-14,16-17,23,25,27H,11,15H2,1-3H3;1-2H3. The zero-order valence-corrected chi connectivity index (χ0v) is 18.9. The topological polar surface area (TPSA) is 29.5 Å². The van der Waals surface area contributed by atoms with Gasteiger partial charge in [-0.15, -0.1) is 0 Å². The molecule has 0 spiro atoms. The van der Waals surface area contributed by atoms with Gasteiger partial charge in [0.15, 0.2) is 0 Å². The summed E-state index contributed by atoms with van der Waals surface area (Å²) >= 11 is 0. The van der Waals surface area contributed by atoms with Crippen LogP contribution in [-0.4, -0.2) is 10.7 Å². The van der Waals surface area contributed by atoms with Gasteiger partial charge in [-0.25, -0.2) is 0 Å². The lowest BCUT2D eigenvalue weighted by Gasteiger charge is -2.35. The number of hydrogen-bond acceptors (Lipinski definition) is 2. The molecule has 2 unspecified atom stereocenters. The molecule has 1 aliphatic carbocycles. The number of fused-ring (bicyclic) bond motifs is 1. The lowest BCUT2D eigenvalue weighted by atomic mass is 9.69. The lowest BCUT2D eigenvalue weighted by molar-refractivity contribution is 0.130. The fourth-order valence-electron chi connectivity index (χ4n) is 4.37. The summed E-state index contributed by atoms with van der Waals surface area (Å²) in [7, 11) is 0. The van der Waals surface area contributed by atoms with Gasteiger partial charge in [-0.3, -0.25) is 0 Å². The molecule has 0 aromatic heterocycles. The molecule has 4 rings (SSSR count). The number of phenolic OH excluding ortho intramolecular Hbond substituents is 1. The first-order valence-corrected chi connectivity index (χ1v) is 11.1. The highest BCUT2D eigenvalue weighted by Gasteiger charge is 2.32. The van der Waals surface area contributed by atoms with Crippen molar-refractivity contribution in [3.05, 3.63) is 95.1 Å². The van der Waals surface area contributed by atoms with E-state index in [9.17, 15) is 5.11 Å². The summed E-state index contributed by atoms with van der Waals surface area (Å²) in [5, 5.41) is 9.76. The van der Waals surface area contributed by atoms with E-state index in [4.69, 9.17) is 4.74 Å². The first kappa shape index (κ1) is 22.0. The third-order valence-corrected chi connectivity index (χ3v) is 5.48. The Hall–Kier alpha value is -2.74. The Balaban J connectivity index is 0.00000124. The van der Waals surface area contributed by atoms with Gasteiger partial charge in [0, 0.05) is 5.92 Å². The molecule has 2 atom stereocenters. The van der Waals surface area contributed by atoms with Crippen molar-refractivity contribution in [2.45, 2.75) is 64.9 Å². The van der Waals surface area contributed by atoms with Crippen molar-refractivity contribution in [2.24, 2.45) is 0 Å². The van der Waals surface area contributed by atoms with Gasteiger partial charge in [-0.05, 0) is 86.1 Å². The van der Waals surface area contributed by atoms with E-state index in [0.717, 1.165) is 18.6 Å². The van der Waals surface area contributed by atoms with Crippen molar-refractivity contribution in [3.63, 3.8) is 0 Å². The van der Waals surface area contributed by atoms with Gasteiger partial charge in [-0.1, -0.05) is 62.4 Å². The van der Waals surface area contributed by atoms with Crippen LogP contribution in [-0.2, 0) is 6.42 Å². The minimum absolute atomic E-state index is 0.203. The van der Waals surface area contributed by atoms with Crippen molar-refractivity contribution in [1.82, 2.24) is 0 Å². The third-order valence-electron chi connectivity index (χ3n) is 5.48. The molecule has 2 nitrogen and oxygen atoms in total. The summed E-state index contributed by atoms with van der Waals surface area (Å²) in [4.78, 5) is 0. The second-order valence-corrected chi connectivity index (χ2v) is 8.70. The number of rotatable bonds is 3. The van der Waals surface area contributed by atoms with Crippen LogP contribution in [0.1, 0.15) is 75.1 Å². The highest BCUT2D eigenvalue weighted by atomic mass is 16.5. The highest BCUT2D eigenvalue weighted by molar-refractivity contribution is 5.48. The minimum atomic E-state index is -0.203. The third kappa shape index (κ3) is 5.05. The summed E-state index contributed by atoms with van der Waals surface area (Å²) in [5.41, 5.74) is 5.16. The van der Waals surface area contributed by atoms with Crippen molar-refractivity contribution in [2.75, 3.05) is 0 Å². The summed E-state index contributed by atoms with van der Waals surface area (Å²) in [6.45, 7) is 10.2. The van der Waals surface area contributed by atoms with Crippen molar-refractivity contribution < 1.29 is 9.84 Å². The van der Waals surface area contributed by atoms with Crippen molar-refractivity contribution in [1.29, 1.82) is 0 Å². The molecule has 0 radical (unpaired) electrons. The summed E-state index contributed by atoms with van der Waals surface area (Å²) < 4.78 is 6.10. The molecule has 0 saturated heterocycles. The molecule has 1 aliphatic rings. The monoisotopic (exact) mass is 402 g/mol. The molecule has 1 N–H and O–H groups in total. The van der Waals surface area contributed by atoms with Crippen LogP contribution in [0.3, 0.4) is 0 Å². The van der Waals surface area contributed by atoms with Gasteiger partial charge >= 0.3 is 0 Å². The average molecular weight is 403 g/mol. The van der Waals surface area contributed by atoms with Crippen LogP contribution in [0.4, 0.5) is 0 Å². The molecule has 2 heteroatoms. The van der Waals surface area contributed by atoms with Crippen LogP contribution in [0.25, 0.3) is 0 Å². The molecule has 0 aliphatic heterocycles. The maximum Gasteiger partial charge on any atom is 0.120 e. The maximum absolute atomic E-state index is 9.76. The summed E-state index contributed by atoms with van der Waals surface area (Å²) in [6, 6.07) is 25.1. The molecule has 0 bridgehead atoms. The molecule has 0 heterocycles. The van der Waals surface area contributed by atoms with E-state index in [0.29, 0.717) is 11.7 Å².